The minimum Gasteiger partial charge on any atom is -0.334 e. The van der Waals surface area contributed by atoms with Crippen molar-refractivity contribution in [3.8, 4) is 0 Å². The molecule has 0 saturated heterocycles. The Kier molecular flexibility index (Phi) is 5.15. The van der Waals surface area contributed by atoms with E-state index in [-0.39, 0.29) is 10.7 Å². The highest BCUT2D eigenvalue weighted by molar-refractivity contribution is 9.10. The molecule has 2 rings (SSSR count). The van der Waals surface area contributed by atoms with Crippen molar-refractivity contribution in [3.05, 3.63) is 33.8 Å². The average molecular weight is 365 g/mol. The molecule has 1 unspecified atom stereocenters. The molecule has 1 aromatic rings. The maximum absolute atomic E-state index is 12.3. The highest BCUT2D eigenvalue weighted by atomic mass is 79.9. The van der Waals surface area contributed by atoms with Crippen molar-refractivity contribution in [1.29, 1.82) is 0 Å². The van der Waals surface area contributed by atoms with Crippen molar-refractivity contribution in [2.24, 2.45) is 0 Å². The zero-order chi connectivity index (χ0) is 14.0. The largest absolute Gasteiger partial charge is 0.334 e. The zero-order valence-electron chi connectivity index (χ0n) is 10.7. The number of rotatable bonds is 5. The molecule has 0 bridgehead atoms. The minimum absolute atomic E-state index is 0.101. The molecule has 2 nitrogen and oxygen atoms in total. The standard InChI is InChI=1S/C14H16BrCl2NO/c1-2-11(15)14(19)18(10-4-5-10)8-9-3-6-12(16)13(17)7-9/h3,6-7,10-11H,2,4-5,8H2,1H3. The third-order valence-corrected chi connectivity index (χ3v) is 5.01. The molecule has 0 aliphatic heterocycles. The molecule has 0 spiro atoms. The van der Waals surface area contributed by atoms with E-state index in [9.17, 15) is 4.79 Å². The van der Waals surface area contributed by atoms with Crippen LogP contribution in [0.4, 0.5) is 0 Å². The van der Waals surface area contributed by atoms with Gasteiger partial charge < -0.3 is 4.90 Å². The van der Waals surface area contributed by atoms with Gasteiger partial charge in [0.25, 0.3) is 0 Å². The van der Waals surface area contributed by atoms with Gasteiger partial charge in [0.05, 0.1) is 14.9 Å². The van der Waals surface area contributed by atoms with Gasteiger partial charge >= 0.3 is 0 Å². The van der Waals surface area contributed by atoms with Crippen LogP contribution in [0.15, 0.2) is 18.2 Å². The number of halogens is 3. The molecule has 1 aliphatic carbocycles. The summed E-state index contributed by atoms with van der Waals surface area (Å²) in [6.45, 7) is 2.60. The van der Waals surface area contributed by atoms with Crippen LogP contribution < -0.4 is 0 Å². The number of hydrogen-bond donors (Lipinski definition) is 0. The molecule has 0 radical (unpaired) electrons. The molecule has 0 heterocycles. The van der Waals surface area contributed by atoms with E-state index in [1.54, 1.807) is 6.07 Å². The second-order valence-corrected chi connectivity index (χ2v) is 6.74. The summed E-state index contributed by atoms with van der Waals surface area (Å²) in [5.74, 6) is 0.163. The Balaban J connectivity index is 2.12. The molecule has 19 heavy (non-hydrogen) atoms. The Labute approximate surface area is 132 Å². The predicted molar refractivity (Wildman–Crippen MR) is 83.0 cm³/mol. The lowest BCUT2D eigenvalue weighted by atomic mass is 10.2. The Morgan fingerprint density at radius 1 is 1.42 bits per heavy atom. The average Bonchev–Trinajstić information content (AvgIpc) is 3.22. The monoisotopic (exact) mass is 363 g/mol. The number of benzene rings is 1. The third kappa shape index (κ3) is 3.87. The van der Waals surface area contributed by atoms with Crippen LogP contribution in [0.2, 0.25) is 10.0 Å². The first kappa shape index (κ1) is 15.1. The lowest BCUT2D eigenvalue weighted by Crippen LogP contribution is -2.37. The lowest BCUT2D eigenvalue weighted by Gasteiger charge is -2.25. The Hall–Kier alpha value is -0.250. The van der Waals surface area contributed by atoms with Crippen LogP contribution in [0.5, 0.6) is 0 Å². The molecular weight excluding hydrogens is 349 g/mol. The van der Waals surface area contributed by atoms with Gasteiger partial charge in [0.15, 0.2) is 0 Å². The first-order valence-corrected chi connectivity index (χ1v) is 8.08. The van der Waals surface area contributed by atoms with Crippen molar-refractivity contribution in [2.75, 3.05) is 0 Å². The van der Waals surface area contributed by atoms with Gasteiger partial charge in [-0.25, -0.2) is 0 Å². The summed E-state index contributed by atoms with van der Waals surface area (Å²) in [7, 11) is 0. The number of hydrogen-bond acceptors (Lipinski definition) is 1. The fourth-order valence-corrected chi connectivity index (χ4v) is 2.55. The van der Waals surface area contributed by atoms with E-state index in [1.807, 2.05) is 24.0 Å². The molecule has 1 aliphatic rings. The van der Waals surface area contributed by atoms with Crippen LogP contribution in [0, 0.1) is 0 Å². The second-order valence-electron chi connectivity index (χ2n) is 4.82. The van der Waals surface area contributed by atoms with E-state index in [2.05, 4.69) is 15.9 Å². The summed E-state index contributed by atoms with van der Waals surface area (Å²) in [4.78, 5) is 14.2. The van der Waals surface area contributed by atoms with E-state index in [4.69, 9.17) is 23.2 Å². The Morgan fingerprint density at radius 3 is 2.63 bits per heavy atom. The van der Waals surface area contributed by atoms with E-state index in [0.29, 0.717) is 22.6 Å². The first-order valence-electron chi connectivity index (χ1n) is 6.41. The van der Waals surface area contributed by atoms with Crippen LogP contribution in [0.3, 0.4) is 0 Å². The maximum Gasteiger partial charge on any atom is 0.236 e. The number of nitrogens with zero attached hydrogens (tertiary/aromatic N) is 1. The lowest BCUT2D eigenvalue weighted by molar-refractivity contribution is -0.131. The smallest absolute Gasteiger partial charge is 0.236 e. The summed E-state index contributed by atoms with van der Waals surface area (Å²) < 4.78 is 0. The van der Waals surface area contributed by atoms with Crippen LogP contribution in [-0.4, -0.2) is 21.7 Å². The summed E-state index contributed by atoms with van der Waals surface area (Å²) in [5.41, 5.74) is 1.02. The fraction of sp³-hybridized carbons (Fsp3) is 0.500. The molecule has 1 aromatic carbocycles. The van der Waals surface area contributed by atoms with Crippen LogP contribution >= 0.6 is 39.1 Å². The molecule has 0 N–H and O–H groups in total. The van der Waals surface area contributed by atoms with Gasteiger partial charge in [0.1, 0.15) is 0 Å². The maximum atomic E-state index is 12.3. The molecule has 1 saturated carbocycles. The topological polar surface area (TPSA) is 20.3 Å². The molecule has 1 amide bonds. The summed E-state index contributed by atoms with van der Waals surface area (Å²) in [6, 6.07) is 5.92. The highest BCUT2D eigenvalue weighted by Crippen LogP contribution is 2.31. The van der Waals surface area contributed by atoms with Crippen molar-refractivity contribution >= 4 is 45.0 Å². The van der Waals surface area contributed by atoms with Gasteiger partial charge in [-0.15, -0.1) is 0 Å². The molecule has 1 fully saturated rings. The number of carbonyl (C=O) groups excluding carboxylic acids is 1. The summed E-state index contributed by atoms with van der Waals surface area (Å²) in [6.07, 6.45) is 2.98. The molecule has 5 heteroatoms. The van der Waals surface area contributed by atoms with E-state index in [0.717, 1.165) is 24.8 Å². The van der Waals surface area contributed by atoms with E-state index < -0.39 is 0 Å². The number of carbonyl (C=O) groups is 1. The number of amides is 1. The van der Waals surface area contributed by atoms with Gasteiger partial charge in [-0.2, -0.15) is 0 Å². The van der Waals surface area contributed by atoms with E-state index >= 15 is 0 Å². The normalized spacial score (nSPS) is 16.2. The molecule has 104 valence electrons. The zero-order valence-corrected chi connectivity index (χ0v) is 13.8. The van der Waals surface area contributed by atoms with Crippen LogP contribution in [0.25, 0.3) is 0 Å². The van der Waals surface area contributed by atoms with Crippen LogP contribution in [-0.2, 0) is 11.3 Å². The number of alkyl halides is 1. The Bertz CT molecular complexity index is 477. The van der Waals surface area contributed by atoms with Gasteiger partial charge in [-0.1, -0.05) is 52.1 Å². The third-order valence-electron chi connectivity index (χ3n) is 3.23. The molecule has 0 aromatic heterocycles. The molecular formula is C14H16BrCl2NO. The van der Waals surface area contributed by atoms with Gasteiger partial charge in [0.2, 0.25) is 5.91 Å². The summed E-state index contributed by atoms with van der Waals surface area (Å²) >= 11 is 15.4. The van der Waals surface area contributed by atoms with Gasteiger partial charge in [-0.05, 0) is 37.0 Å². The van der Waals surface area contributed by atoms with Crippen molar-refractivity contribution in [3.63, 3.8) is 0 Å². The van der Waals surface area contributed by atoms with Crippen LogP contribution in [0.1, 0.15) is 31.7 Å². The fourth-order valence-electron chi connectivity index (χ4n) is 1.96. The quantitative estimate of drug-likeness (QED) is 0.696. The molecule has 1 atom stereocenters. The van der Waals surface area contributed by atoms with Gasteiger partial charge in [-0.3, -0.25) is 4.79 Å². The minimum atomic E-state index is -0.101. The SMILES string of the molecule is CCC(Br)C(=O)N(Cc1ccc(Cl)c(Cl)c1)C1CC1. The summed E-state index contributed by atoms with van der Waals surface area (Å²) in [5, 5.41) is 1.08. The predicted octanol–water partition coefficient (Wildman–Crippen LogP) is 4.66. The van der Waals surface area contributed by atoms with Crippen molar-refractivity contribution in [2.45, 2.75) is 43.6 Å². The van der Waals surface area contributed by atoms with Gasteiger partial charge in [0, 0.05) is 12.6 Å². The second kappa shape index (κ2) is 6.47. The van der Waals surface area contributed by atoms with Crippen molar-refractivity contribution < 1.29 is 4.79 Å². The van der Waals surface area contributed by atoms with E-state index in [1.165, 1.54) is 0 Å². The first-order chi connectivity index (χ1) is 9.02. The highest BCUT2D eigenvalue weighted by Gasteiger charge is 2.34. The van der Waals surface area contributed by atoms with Crippen molar-refractivity contribution in [1.82, 2.24) is 4.90 Å². The Morgan fingerprint density at radius 2 is 2.11 bits per heavy atom.